The number of unbranched alkanes of at least 4 members (excludes halogenated alkanes) is 2. The van der Waals surface area contributed by atoms with Gasteiger partial charge in [0.15, 0.2) is 0 Å². The van der Waals surface area contributed by atoms with Crippen molar-refractivity contribution >= 4 is 6.09 Å². The van der Waals surface area contributed by atoms with Crippen LogP contribution in [-0.4, -0.2) is 49.9 Å². The molecular weight excluding hydrogens is 240 g/mol. The van der Waals surface area contributed by atoms with Crippen molar-refractivity contribution in [1.82, 2.24) is 5.32 Å². The molecule has 0 fully saturated rings. The van der Waals surface area contributed by atoms with Gasteiger partial charge < -0.3 is 14.5 Å². The van der Waals surface area contributed by atoms with Crippen LogP contribution < -0.4 is 5.32 Å². The monoisotopic (exact) mass is 273 g/mol. The summed E-state index contributed by atoms with van der Waals surface area (Å²) in [5, 5.41) is 2.81. The fourth-order valence-corrected chi connectivity index (χ4v) is 1.91. The molecule has 19 heavy (non-hydrogen) atoms. The Bertz CT molecular complexity index is 257. The highest BCUT2D eigenvalue weighted by Gasteiger charge is 2.17. The first-order valence-electron chi connectivity index (χ1n) is 7.45. The first-order valence-corrected chi connectivity index (χ1v) is 7.45. The van der Waals surface area contributed by atoms with Crippen LogP contribution in [-0.2, 0) is 4.74 Å². The zero-order chi connectivity index (χ0) is 14.9. The zero-order valence-electron chi connectivity index (χ0n) is 13.7. The van der Waals surface area contributed by atoms with Crippen LogP contribution in [0.15, 0.2) is 0 Å². The van der Waals surface area contributed by atoms with E-state index in [9.17, 15) is 4.79 Å². The molecule has 1 N–H and O–H groups in total. The average molecular weight is 273 g/mol. The second-order valence-electron chi connectivity index (χ2n) is 6.87. The van der Waals surface area contributed by atoms with Crippen molar-refractivity contribution in [3.8, 4) is 0 Å². The highest BCUT2D eigenvalue weighted by Crippen LogP contribution is 2.07. The van der Waals surface area contributed by atoms with Gasteiger partial charge in [0, 0.05) is 13.0 Å². The second-order valence-corrected chi connectivity index (χ2v) is 6.87. The molecule has 0 heterocycles. The number of alkyl carbamates (subject to hydrolysis) is 1. The Hall–Kier alpha value is -0.770. The maximum absolute atomic E-state index is 11.5. The topological polar surface area (TPSA) is 38.3 Å². The fourth-order valence-electron chi connectivity index (χ4n) is 1.91. The van der Waals surface area contributed by atoms with Crippen LogP contribution in [0.2, 0.25) is 0 Å². The van der Waals surface area contributed by atoms with Crippen molar-refractivity contribution in [2.45, 2.75) is 59.0 Å². The molecule has 0 aliphatic rings. The lowest BCUT2D eigenvalue weighted by atomic mass is 10.2. The number of carbonyl (C=O) groups excluding carboxylic acids is 1. The highest BCUT2D eigenvalue weighted by molar-refractivity contribution is 5.67. The summed E-state index contributed by atoms with van der Waals surface area (Å²) in [5.41, 5.74) is -0.417. The van der Waals surface area contributed by atoms with Crippen LogP contribution in [0.4, 0.5) is 4.79 Å². The number of nitrogens with one attached hydrogen (secondary N) is 1. The lowest BCUT2D eigenvalue weighted by Gasteiger charge is -2.30. The maximum atomic E-state index is 11.5. The minimum Gasteiger partial charge on any atom is -0.444 e. The van der Waals surface area contributed by atoms with Crippen LogP contribution in [0.25, 0.3) is 0 Å². The average Bonchev–Trinajstić information content (AvgIpc) is 2.22. The van der Waals surface area contributed by atoms with Crippen LogP contribution >= 0.6 is 0 Å². The quantitative estimate of drug-likeness (QED) is 0.545. The summed E-state index contributed by atoms with van der Waals surface area (Å²) in [6.45, 7) is 10.8. The van der Waals surface area contributed by atoms with Gasteiger partial charge in [0.1, 0.15) is 5.60 Å². The molecule has 0 radical (unpaired) electrons. The lowest BCUT2D eigenvalue weighted by Crippen LogP contribution is -2.42. The molecule has 1 amide bonds. The molecule has 114 valence electrons. The predicted molar refractivity (Wildman–Crippen MR) is 80.2 cm³/mol. The van der Waals surface area contributed by atoms with Gasteiger partial charge in [-0.05, 0) is 33.6 Å². The van der Waals surface area contributed by atoms with Crippen LogP contribution in [0, 0.1) is 0 Å². The molecule has 0 spiro atoms. The molecule has 0 unspecified atom stereocenters. The largest absolute Gasteiger partial charge is 0.444 e. The molecule has 0 saturated heterocycles. The van der Waals surface area contributed by atoms with Crippen molar-refractivity contribution in [1.29, 1.82) is 0 Å². The number of rotatable bonds is 8. The van der Waals surface area contributed by atoms with E-state index in [0.717, 1.165) is 17.4 Å². The van der Waals surface area contributed by atoms with E-state index in [4.69, 9.17) is 4.74 Å². The number of quaternary nitrogens is 1. The Balaban J connectivity index is 3.70. The zero-order valence-corrected chi connectivity index (χ0v) is 13.7. The normalized spacial score (nSPS) is 12.3. The Morgan fingerprint density at radius 3 is 2.21 bits per heavy atom. The summed E-state index contributed by atoms with van der Waals surface area (Å²) in [6.07, 6.45) is 4.52. The highest BCUT2D eigenvalue weighted by atomic mass is 16.6. The smallest absolute Gasteiger partial charge is 0.407 e. The van der Waals surface area contributed by atoms with E-state index in [1.807, 2.05) is 20.8 Å². The molecule has 0 aromatic rings. The molecular formula is C15H33N2O2+. The van der Waals surface area contributed by atoms with Gasteiger partial charge in [-0.15, -0.1) is 0 Å². The van der Waals surface area contributed by atoms with Crippen molar-refractivity contribution in [3.05, 3.63) is 0 Å². The number of nitrogens with zero attached hydrogens (tertiary/aromatic N) is 1. The number of amides is 1. The Morgan fingerprint density at radius 2 is 1.68 bits per heavy atom. The van der Waals surface area contributed by atoms with E-state index in [0.29, 0.717) is 6.54 Å². The number of ether oxygens (including phenoxy) is 1. The Kier molecular flexibility index (Phi) is 8.07. The maximum Gasteiger partial charge on any atom is 0.407 e. The molecule has 4 heteroatoms. The molecule has 0 aromatic carbocycles. The predicted octanol–water partition coefficient (Wildman–Crippen LogP) is 3.17. The van der Waals surface area contributed by atoms with Crippen molar-refractivity contribution in [2.24, 2.45) is 0 Å². The van der Waals surface area contributed by atoms with Crippen LogP contribution in [0.1, 0.15) is 53.4 Å². The summed E-state index contributed by atoms with van der Waals surface area (Å²) in [7, 11) is 4.51. The van der Waals surface area contributed by atoms with E-state index in [-0.39, 0.29) is 6.09 Å². The molecule has 0 bridgehead atoms. The fraction of sp³-hybridized carbons (Fsp3) is 0.933. The Morgan fingerprint density at radius 1 is 1.11 bits per heavy atom. The van der Waals surface area contributed by atoms with E-state index in [1.54, 1.807) is 0 Å². The minimum absolute atomic E-state index is 0.316. The molecule has 0 aromatic heterocycles. The number of hydrogen-bond donors (Lipinski definition) is 1. The number of hydrogen-bond acceptors (Lipinski definition) is 2. The van der Waals surface area contributed by atoms with Gasteiger partial charge in [-0.1, -0.05) is 13.3 Å². The van der Waals surface area contributed by atoms with Crippen molar-refractivity contribution < 1.29 is 14.0 Å². The van der Waals surface area contributed by atoms with Gasteiger partial charge in [0.05, 0.1) is 27.2 Å². The van der Waals surface area contributed by atoms with Gasteiger partial charge in [0.2, 0.25) is 0 Å². The molecule has 0 aliphatic heterocycles. The third-order valence-electron chi connectivity index (χ3n) is 2.98. The summed E-state index contributed by atoms with van der Waals surface area (Å²) < 4.78 is 6.22. The van der Waals surface area contributed by atoms with E-state index in [1.165, 1.54) is 25.8 Å². The van der Waals surface area contributed by atoms with Crippen molar-refractivity contribution in [2.75, 3.05) is 33.7 Å². The summed E-state index contributed by atoms with van der Waals surface area (Å²) in [4.78, 5) is 11.5. The second kappa shape index (κ2) is 8.41. The molecule has 4 nitrogen and oxygen atoms in total. The standard InChI is InChI=1S/C15H32N2O2/c1-7-8-9-12-17(5,6)13-10-11-16-14(18)19-15(2,3)4/h7-13H2,1-6H3/p+1. The number of carbonyl (C=O) groups is 1. The van der Waals surface area contributed by atoms with Gasteiger partial charge in [-0.25, -0.2) is 4.79 Å². The third-order valence-corrected chi connectivity index (χ3v) is 2.98. The molecule has 0 saturated carbocycles. The van der Waals surface area contributed by atoms with Gasteiger partial charge in [0.25, 0.3) is 0 Å². The first-order chi connectivity index (χ1) is 8.66. The molecule has 0 rings (SSSR count). The van der Waals surface area contributed by atoms with Crippen LogP contribution in [0.5, 0.6) is 0 Å². The lowest BCUT2D eigenvalue weighted by molar-refractivity contribution is -0.890. The summed E-state index contributed by atoms with van der Waals surface area (Å²) >= 11 is 0. The van der Waals surface area contributed by atoms with E-state index >= 15 is 0 Å². The molecule has 0 atom stereocenters. The molecule has 0 aliphatic carbocycles. The van der Waals surface area contributed by atoms with E-state index in [2.05, 4.69) is 26.3 Å². The van der Waals surface area contributed by atoms with Gasteiger partial charge >= 0.3 is 6.09 Å². The van der Waals surface area contributed by atoms with E-state index < -0.39 is 5.60 Å². The van der Waals surface area contributed by atoms with Gasteiger partial charge in [-0.3, -0.25) is 0 Å². The summed E-state index contributed by atoms with van der Waals surface area (Å²) in [5.74, 6) is 0. The third kappa shape index (κ3) is 12.0. The van der Waals surface area contributed by atoms with Gasteiger partial charge in [-0.2, -0.15) is 0 Å². The minimum atomic E-state index is -0.417. The first kappa shape index (κ1) is 18.2. The summed E-state index contributed by atoms with van der Waals surface area (Å²) in [6, 6.07) is 0. The van der Waals surface area contributed by atoms with Crippen LogP contribution in [0.3, 0.4) is 0 Å². The van der Waals surface area contributed by atoms with Crippen molar-refractivity contribution in [3.63, 3.8) is 0 Å². The SMILES string of the molecule is CCCCC[N+](C)(C)CCCNC(=O)OC(C)(C)C. The Labute approximate surface area is 119 Å².